The minimum absolute atomic E-state index is 0.0426. The maximum atomic E-state index is 13.1. The standard InChI is InChI=1S/C22H26ClFN2O3/c1-15-11-26(16(2)10-25(15)12-17-3-5-19(24)6-4-17)22(28)14-29-20-7-8-21(23)18(9-20)13-27/h3-9,15-16,27H,10-14H2,1-2H3. The SMILES string of the molecule is CC1CN(C(=O)COc2ccc(Cl)c(CO)c2)C(C)CN1Cc1ccc(F)cc1. The van der Waals surface area contributed by atoms with E-state index in [1.165, 1.54) is 12.1 Å². The summed E-state index contributed by atoms with van der Waals surface area (Å²) in [6, 6.07) is 11.7. The van der Waals surface area contributed by atoms with Crippen molar-refractivity contribution in [2.75, 3.05) is 19.7 Å². The van der Waals surface area contributed by atoms with Crippen LogP contribution in [0.2, 0.25) is 5.02 Å². The van der Waals surface area contributed by atoms with Gasteiger partial charge in [-0.05, 0) is 55.3 Å². The first-order chi connectivity index (χ1) is 13.9. The Balaban J connectivity index is 1.56. The quantitative estimate of drug-likeness (QED) is 0.777. The molecule has 2 atom stereocenters. The van der Waals surface area contributed by atoms with E-state index >= 15 is 0 Å². The lowest BCUT2D eigenvalue weighted by atomic mass is 10.1. The highest BCUT2D eigenvalue weighted by atomic mass is 35.5. The van der Waals surface area contributed by atoms with Crippen LogP contribution in [0.5, 0.6) is 5.75 Å². The van der Waals surface area contributed by atoms with Gasteiger partial charge in [-0.3, -0.25) is 9.69 Å². The van der Waals surface area contributed by atoms with Gasteiger partial charge >= 0.3 is 0 Å². The van der Waals surface area contributed by atoms with Crippen molar-refractivity contribution in [2.24, 2.45) is 0 Å². The Morgan fingerprint density at radius 2 is 1.90 bits per heavy atom. The van der Waals surface area contributed by atoms with Crippen LogP contribution in [-0.2, 0) is 17.9 Å². The first kappa shape index (κ1) is 21.6. The highest BCUT2D eigenvalue weighted by molar-refractivity contribution is 6.31. The molecule has 156 valence electrons. The maximum absolute atomic E-state index is 13.1. The molecule has 0 saturated carbocycles. The number of aliphatic hydroxyl groups excluding tert-OH is 1. The molecule has 5 nitrogen and oxygen atoms in total. The van der Waals surface area contributed by atoms with Crippen molar-refractivity contribution in [3.05, 3.63) is 64.4 Å². The maximum Gasteiger partial charge on any atom is 0.260 e. The molecule has 0 aromatic heterocycles. The lowest BCUT2D eigenvalue weighted by Crippen LogP contribution is -2.58. The molecule has 3 rings (SSSR count). The fraction of sp³-hybridized carbons (Fsp3) is 0.409. The molecule has 1 heterocycles. The van der Waals surface area contributed by atoms with Crippen LogP contribution in [0.1, 0.15) is 25.0 Å². The zero-order valence-electron chi connectivity index (χ0n) is 16.6. The van der Waals surface area contributed by atoms with Crippen molar-refractivity contribution < 1.29 is 19.0 Å². The summed E-state index contributed by atoms with van der Waals surface area (Å²) in [5, 5.41) is 9.76. The van der Waals surface area contributed by atoms with Gasteiger partial charge in [0.25, 0.3) is 5.91 Å². The lowest BCUT2D eigenvalue weighted by Gasteiger charge is -2.44. The summed E-state index contributed by atoms with van der Waals surface area (Å²) < 4.78 is 18.7. The van der Waals surface area contributed by atoms with Crippen molar-refractivity contribution in [1.29, 1.82) is 0 Å². The molecular weight excluding hydrogens is 395 g/mol. The number of carbonyl (C=O) groups excluding carboxylic acids is 1. The molecule has 1 N–H and O–H groups in total. The molecule has 1 aliphatic heterocycles. The minimum atomic E-state index is -0.239. The molecule has 1 amide bonds. The van der Waals surface area contributed by atoms with Crippen molar-refractivity contribution in [2.45, 2.75) is 39.1 Å². The van der Waals surface area contributed by atoms with Crippen LogP contribution in [-0.4, -0.2) is 52.6 Å². The summed E-state index contributed by atoms with van der Waals surface area (Å²) in [5.74, 6) is 0.186. The molecule has 0 radical (unpaired) electrons. The Kier molecular flexibility index (Phi) is 7.11. The average molecular weight is 421 g/mol. The number of nitrogens with zero attached hydrogens (tertiary/aromatic N) is 2. The van der Waals surface area contributed by atoms with Gasteiger partial charge in [0.2, 0.25) is 0 Å². The first-order valence-electron chi connectivity index (χ1n) is 9.67. The summed E-state index contributed by atoms with van der Waals surface area (Å²) in [6.45, 7) is 5.92. The predicted octanol–water partition coefficient (Wildman–Crippen LogP) is 3.47. The topological polar surface area (TPSA) is 53.0 Å². The van der Waals surface area contributed by atoms with Crippen LogP contribution in [0.15, 0.2) is 42.5 Å². The zero-order valence-corrected chi connectivity index (χ0v) is 17.4. The van der Waals surface area contributed by atoms with Gasteiger partial charge in [0, 0.05) is 36.7 Å². The van der Waals surface area contributed by atoms with Crippen LogP contribution >= 0.6 is 11.6 Å². The summed E-state index contributed by atoms with van der Waals surface area (Å²) in [4.78, 5) is 16.9. The number of rotatable bonds is 6. The van der Waals surface area contributed by atoms with Crippen molar-refractivity contribution >= 4 is 17.5 Å². The van der Waals surface area contributed by atoms with Crippen LogP contribution in [0.25, 0.3) is 0 Å². The Labute approximate surface area is 175 Å². The molecular formula is C22H26ClFN2O3. The number of hydrogen-bond donors (Lipinski definition) is 1. The molecule has 1 fully saturated rings. The van der Waals surface area contributed by atoms with Crippen molar-refractivity contribution in [1.82, 2.24) is 9.80 Å². The number of ether oxygens (including phenoxy) is 1. The van der Waals surface area contributed by atoms with Crippen LogP contribution < -0.4 is 4.74 Å². The summed E-state index contributed by atoms with van der Waals surface area (Å²) in [7, 11) is 0. The largest absolute Gasteiger partial charge is 0.484 e. The summed E-state index contributed by atoms with van der Waals surface area (Å²) in [5.41, 5.74) is 1.61. The number of aliphatic hydroxyl groups is 1. The number of amides is 1. The number of carbonyl (C=O) groups is 1. The van der Waals surface area contributed by atoms with E-state index < -0.39 is 0 Å². The molecule has 2 aromatic rings. The van der Waals surface area contributed by atoms with Crippen molar-refractivity contribution in [3.8, 4) is 5.75 Å². The van der Waals surface area contributed by atoms with Gasteiger partial charge < -0.3 is 14.7 Å². The highest BCUT2D eigenvalue weighted by Gasteiger charge is 2.32. The summed E-state index contributed by atoms with van der Waals surface area (Å²) in [6.07, 6.45) is 0. The average Bonchev–Trinajstić information content (AvgIpc) is 2.71. The first-order valence-corrected chi connectivity index (χ1v) is 10.0. The fourth-order valence-electron chi connectivity index (χ4n) is 3.58. The second kappa shape index (κ2) is 9.57. The lowest BCUT2D eigenvalue weighted by molar-refractivity contribution is -0.139. The smallest absolute Gasteiger partial charge is 0.260 e. The minimum Gasteiger partial charge on any atom is -0.484 e. The molecule has 0 aliphatic carbocycles. The second-order valence-corrected chi connectivity index (χ2v) is 7.91. The van der Waals surface area contributed by atoms with E-state index in [4.69, 9.17) is 16.3 Å². The predicted molar refractivity (Wildman–Crippen MR) is 110 cm³/mol. The van der Waals surface area contributed by atoms with Gasteiger partial charge in [-0.25, -0.2) is 4.39 Å². The monoisotopic (exact) mass is 420 g/mol. The second-order valence-electron chi connectivity index (χ2n) is 7.50. The Morgan fingerprint density at radius 3 is 2.59 bits per heavy atom. The van der Waals surface area contributed by atoms with Gasteiger partial charge in [0.15, 0.2) is 6.61 Å². The molecule has 0 spiro atoms. The highest BCUT2D eigenvalue weighted by Crippen LogP contribution is 2.23. The number of piperazine rings is 1. The van der Waals surface area contributed by atoms with E-state index in [1.807, 2.05) is 11.8 Å². The number of hydrogen-bond acceptors (Lipinski definition) is 4. The van der Waals surface area contributed by atoms with Crippen LogP contribution in [0.4, 0.5) is 4.39 Å². The molecule has 7 heteroatoms. The third-order valence-electron chi connectivity index (χ3n) is 5.28. The van der Waals surface area contributed by atoms with E-state index in [-0.39, 0.29) is 37.0 Å². The van der Waals surface area contributed by atoms with Gasteiger partial charge in [-0.1, -0.05) is 23.7 Å². The molecule has 1 saturated heterocycles. The van der Waals surface area contributed by atoms with Crippen molar-refractivity contribution in [3.63, 3.8) is 0 Å². The third-order valence-corrected chi connectivity index (χ3v) is 5.65. The molecule has 1 aliphatic rings. The van der Waals surface area contributed by atoms with E-state index in [0.29, 0.717) is 22.9 Å². The Bertz CT molecular complexity index is 846. The van der Waals surface area contributed by atoms with E-state index in [1.54, 1.807) is 30.3 Å². The molecule has 29 heavy (non-hydrogen) atoms. The van der Waals surface area contributed by atoms with Gasteiger partial charge in [-0.2, -0.15) is 0 Å². The van der Waals surface area contributed by atoms with Crippen LogP contribution in [0.3, 0.4) is 0 Å². The van der Waals surface area contributed by atoms with E-state index in [0.717, 1.165) is 18.7 Å². The zero-order chi connectivity index (χ0) is 21.0. The molecule has 2 unspecified atom stereocenters. The molecule has 2 aromatic carbocycles. The molecule has 0 bridgehead atoms. The Hall–Kier alpha value is -2.15. The van der Waals surface area contributed by atoms with Gasteiger partial charge in [0.05, 0.1) is 6.61 Å². The number of benzene rings is 2. The van der Waals surface area contributed by atoms with Crippen LogP contribution in [0, 0.1) is 5.82 Å². The third kappa shape index (κ3) is 5.47. The van der Waals surface area contributed by atoms with E-state index in [2.05, 4.69) is 11.8 Å². The summed E-state index contributed by atoms with van der Waals surface area (Å²) >= 11 is 5.98. The van der Waals surface area contributed by atoms with E-state index in [9.17, 15) is 14.3 Å². The number of halogens is 2. The Morgan fingerprint density at radius 1 is 1.17 bits per heavy atom. The fourth-order valence-corrected chi connectivity index (χ4v) is 3.76. The van der Waals surface area contributed by atoms with Gasteiger partial charge in [0.1, 0.15) is 11.6 Å². The normalized spacial score (nSPS) is 20.0. The van der Waals surface area contributed by atoms with Gasteiger partial charge in [-0.15, -0.1) is 0 Å².